The number of carbonyl (C=O) groups is 1. The number of nitrogens with zero attached hydrogens (tertiary/aromatic N) is 1. The molecule has 0 aliphatic carbocycles. The Labute approximate surface area is 150 Å². The van der Waals surface area contributed by atoms with E-state index in [4.69, 9.17) is 4.74 Å². The number of rotatable bonds is 3. The monoisotopic (exact) mass is 344 g/mol. The lowest BCUT2D eigenvalue weighted by Gasteiger charge is -2.08. The van der Waals surface area contributed by atoms with Crippen LogP contribution in [0, 0.1) is 25.2 Å². The van der Waals surface area contributed by atoms with Crippen LogP contribution < -0.4 is 10.3 Å². The molecule has 2 aromatic carbocycles. The summed E-state index contributed by atoms with van der Waals surface area (Å²) in [5.41, 5.74) is 3.00. The number of aromatic nitrogens is 1. The third-order valence-corrected chi connectivity index (χ3v) is 3.91. The number of carbonyl (C=O) groups excluding carboxylic acids is 1. The van der Waals surface area contributed by atoms with E-state index in [2.05, 4.69) is 4.98 Å². The lowest BCUT2D eigenvalue weighted by molar-refractivity contribution is 0.0734. The number of H-pyrrole nitrogens is 1. The minimum absolute atomic E-state index is 0.0557. The highest BCUT2D eigenvalue weighted by Crippen LogP contribution is 2.25. The summed E-state index contributed by atoms with van der Waals surface area (Å²) in [4.78, 5) is 26.7. The molecule has 0 spiro atoms. The number of nitrogens with one attached hydrogen (secondary N) is 1. The minimum atomic E-state index is -0.439. The maximum absolute atomic E-state index is 12.2. The summed E-state index contributed by atoms with van der Waals surface area (Å²) in [5, 5.41) is 9.23. The first-order chi connectivity index (χ1) is 12.5. The van der Waals surface area contributed by atoms with Crippen LogP contribution >= 0.6 is 0 Å². The van der Waals surface area contributed by atoms with E-state index in [-0.39, 0.29) is 5.56 Å². The lowest BCUT2D eigenvalue weighted by Crippen LogP contribution is -2.12. The predicted molar refractivity (Wildman–Crippen MR) is 98.1 cm³/mol. The van der Waals surface area contributed by atoms with Gasteiger partial charge in [0.15, 0.2) is 0 Å². The Kier molecular flexibility index (Phi) is 4.68. The summed E-state index contributed by atoms with van der Waals surface area (Å²) in [6.07, 6.45) is 0. The maximum Gasteiger partial charge on any atom is 0.343 e. The van der Waals surface area contributed by atoms with Gasteiger partial charge in [0.1, 0.15) is 17.4 Å². The molecule has 1 heterocycles. The Hall–Kier alpha value is -3.65. The Morgan fingerprint density at radius 2 is 1.81 bits per heavy atom. The molecule has 5 heteroatoms. The molecule has 3 rings (SSSR count). The molecule has 0 unspecified atom stereocenters. The molecule has 5 nitrogen and oxygen atoms in total. The molecule has 0 fully saturated rings. The smallest absolute Gasteiger partial charge is 0.343 e. The van der Waals surface area contributed by atoms with E-state index in [1.165, 1.54) is 0 Å². The number of esters is 1. The zero-order valence-electron chi connectivity index (χ0n) is 14.4. The molecular formula is C21H16N2O3. The number of aryl methyl sites for hydroxylation is 2. The Morgan fingerprint density at radius 1 is 1.08 bits per heavy atom. The average molecular weight is 344 g/mol. The molecule has 128 valence electrons. The van der Waals surface area contributed by atoms with Gasteiger partial charge >= 0.3 is 5.97 Å². The van der Waals surface area contributed by atoms with Gasteiger partial charge in [-0.1, -0.05) is 29.8 Å². The van der Waals surface area contributed by atoms with Crippen LogP contribution in [0.5, 0.6) is 5.75 Å². The Bertz CT molecular complexity index is 1070. The quantitative estimate of drug-likeness (QED) is 0.579. The minimum Gasteiger partial charge on any atom is -0.423 e. The lowest BCUT2D eigenvalue weighted by atomic mass is 10.0. The molecule has 26 heavy (non-hydrogen) atoms. The van der Waals surface area contributed by atoms with Crippen LogP contribution in [0.15, 0.2) is 59.4 Å². The van der Waals surface area contributed by atoms with Gasteiger partial charge in [-0.2, -0.15) is 5.26 Å². The van der Waals surface area contributed by atoms with Gasteiger partial charge in [0.2, 0.25) is 0 Å². The van der Waals surface area contributed by atoms with Crippen LogP contribution in [0.2, 0.25) is 0 Å². The number of benzene rings is 2. The van der Waals surface area contributed by atoms with Gasteiger partial charge in [-0.3, -0.25) is 4.79 Å². The van der Waals surface area contributed by atoms with E-state index in [9.17, 15) is 14.9 Å². The molecule has 3 aromatic rings. The summed E-state index contributed by atoms with van der Waals surface area (Å²) in [6, 6.07) is 17.5. The second-order valence-electron chi connectivity index (χ2n) is 5.97. The van der Waals surface area contributed by atoms with Crippen molar-refractivity contribution in [1.82, 2.24) is 4.98 Å². The van der Waals surface area contributed by atoms with Crippen LogP contribution in [-0.2, 0) is 0 Å². The number of hydrogen-bond donors (Lipinski definition) is 1. The van der Waals surface area contributed by atoms with Gasteiger partial charge in [0.25, 0.3) is 5.56 Å². The Balaban J connectivity index is 1.87. The van der Waals surface area contributed by atoms with Gasteiger partial charge in [-0.05, 0) is 49.7 Å². The van der Waals surface area contributed by atoms with Crippen molar-refractivity contribution in [3.63, 3.8) is 0 Å². The molecule has 0 saturated carbocycles. The molecule has 0 amide bonds. The fourth-order valence-corrected chi connectivity index (χ4v) is 2.67. The van der Waals surface area contributed by atoms with Crippen molar-refractivity contribution >= 4 is 5.97 Å². The number of pyridine rings is 1. The second-order valence-corrected chi connectivity index (χ2v) is 5.97. The van der Waals surface area contributed by atoms with Crippen LogP contribution in [0.4, 0.5) is 0 Å². The highest BCUT2D eigenvalue weighted by atomic mass is 16.5. The number of ether oxygens (including phenoxy) is 1. The standard InChI is InChI=1S/C21H16N2O3/c1-13-4-3-5-16(10-13)21(25)26-17-8-6-15(7-9-17)18-11-14(2)23-20(24)19(18)12-22/h3-11H,1-2H3,(H,23,24). The van der Waals surface area contributed by atoms with Crippen molar-refractivity contribution in [2.45, 2.75) is 13.8 Å². The first kappa shape index (κ1) is 17.2. The Morgan fingerprint density at radius 3 is 2.46 bits per heavy atom. The van der Waals surface area contributed by atoms with Crippen LogP contribution in [-0.4, -0.2) is 11.0 Å². The van der Waals surface area contributed by atoms with Gasteiger partial charge in [0.05, 0.1) is 5.56 Å². The number of nitriles is 1. The normalized spacial score (nSPS) is 10.2. The molecule has 0 aliphatic rings. The molecule has 0 aliphatic heterocycles. The van der Waals surface area contributed by atoms with Crippen molar-refractivity contribution in [3.05, 3.63) is 87.3 Å². The van der Waals surface area contributed by atoms with Gasteiger partial charge < -0.3 is 9.72 Å². The first-order valence-electron chi connectivity index (χ1n) is 8.01. The third kappa shape index (κ3) is 3.55. The molecule has 1 N–H and O–H groups in total. The zero-order valence-corrected chi connectivity index (χ0v) is 14.4. The maximum atomic E-state index is 12.2. The predicted octanol–water partition coefficient (Wildman–Crippen LogP) is 3.75. The molecular weight excluding hydrogens is 328 g/mol. The van der Waals surface area contributed by atoms with Crippen molar-refractivity contribution in [1.29, 1.82) is 5.26 Å². The van der Waals surface area contributed by atoms with Gasteiger partial charge in [-0.25, -0.2) is 4.79 Å². The fraction of sp³-hybridized carbons (Fsp3) is 0.0952. The van der Waals surface area contributed by atoms with Crippen molar-refractivity contribution in [2.75, 3.05) is 0 Å². The van der Waals surface area contributed by atoms with Gasteiger partial charge in [0, 0.05) is 11.3 Å². The van der Waals surface area contributed by atoms with Gasteiger partial charge in [-0.15, -0.1) is 0 Å². The zero-order chi connectivity index (χ0) is 18.7. The third-order valence-electron chi connectivity index (χ3n) is 3.91. The molecule has 0 bridgehead atoms. The molecule has 0 radical (unpaired) electrons. The number of aromatic amines is 1. The average Bonchev–Trinajstić information content (AvgIpc) is 2.62. The first-order valence-corrected chi connectivity index (χ1v) is 8.01. The van der Waals surface area contributed by atoms with Crippen LogP contribution in [0.25, 0.3) is 11.1 Å². The highest BCUT2D eigenvalue weighted by Gasteiger charge is 2.12. The summed E-state index contributed by atoms with van der Waals surface area (Å²) in [5.74, 6) is -0.0495. The summed E-state index contributed by atoms with van der Waals surface area (Å²) < 4.78 is 5.38. The van der Waals surface area contributed by atoms with E-state index >= 15 is 0 Å². The van der Waals surface area contributed by atoms with E-state index in [0.717, 1.165) is 5.56 Å². The van der Waals surface area contributed by atoms with Crippen molar-refractivity contribution in [3.8, 4) is 22.9 Å². The SMILES string of the molecule is Cc1cccc(C(=O)Oc2ccc(-c3cc(C)[nH]c(=O)c3C#N)cc2)c1. The fourth-order valence-electron chi connectivity index (χ4n) is 2.67. The highest BCUT2D eigenvalue weighted by molar-refractivity contribution is 5.91. The molecule has 1 aromatic heterocycles. The van der Waals surface area contributed by atoms with Crippen molar-refractivity contribution < 1.29 is 9.53 Å². The summed E-state index contributed by atoms with van der Waals surface area (Å²) >= 11 is 0. The van der Waals surface area contributed by atoms with E-state index in [1.54, 1.807) is 55.5 Å². The summed E-state index contributed by atoms with van der Waals surface area (Å²) in [7, 11) is 0. The van der Waals surface area contributed by atoms with Crippen LogP contribution in [0.1, 0.15) is 27.2 Å². The molecule has 0 atom stereocenters. The molecule has 0 saturated heterocycles. The van der Waals surface area contributed by atoms with Crippen molar-refractivity contribution in [2.24, 2.45) is 0 Å². The van der Waals surface area contributed by atoms with Crippen LogP contribution in [0.3, 0.4) is 0 Å². The summed E-state index contributed by atoms with van der Waals surface area (Å²) in [6.45, 7) is 3.66. The van der Waals surface area contributed by atoms with E-state index in [0.29, 0.717) is 28.1 Å². The topological polar surface area (TPSA) is 83.0 Å². The van der Waals surface area contributed by atoms with E-state index < -0.39 is 11.5 Å². The number of hydrogen-bond acceptors (Lipinski definition) is 4. The largest absolute Gasteiger partial charge is 0.423 e. The van der Waals surface area contributed by atoms with E-state index in [1.807, 2.05) is 19.1 Å². The second kappa shape index (κ2) is 7.08.